The molecule has 2 amide bonds. The van der Waals surface area contributed by atoms with Crippen molar-refractivity contribution < 1.29 is 14.7 Å². The van der Waals surface area contributed by atoms with E-state index in [1.165, 1.54) is 0 Å². The normalized spacial score (nSPS) is 17.2. The van der Waals surface area contributed by atoms with Crippen LogP contribution in [0.5, 0.6) is 0 Å². The van der Waals surface area contributed by atoms with E-state index < -0.39 is 5.97 Å². The van der Waals surface area contributed by atoms with Crippen molar-refractivity contribution in [2.75, 3.05) is 18.5 Å². The van der Waals surface area contributed by atoms with E-state index in [2.05, 4.69) is 0 Å². The first-order valence-electron chi connectivity index (χ1n) is 6.48. The van der Waals surface area contributed by atoms with E-state index in [1.807, 2.05) is 7.05 Å². The molecule has 1 fully saturated rings. The highest BCUT2D eigenvalue weighted by atomic mass is 16.4. The third kappa shape index (κ3) is 2.05. The zero-order chi connectivity index (χ0) is 13.6. The molecule has 1 N–H and O–H groups in total. The summed E-state index contributed by atoms with van der Waals surface area (Å²) in [5.41, 5.74) is 2.07. The van der Waals surface area contributed by atoms with Crippen LogP contribution in [0.15, 0.2) is 18.2 Å². The van der Waals surface area contributed by atoms with Crippen LogP contribution >= 0.6 is 0 Å². The number of carbonyl (C=O) groups is 2. The number of aromatic carboxylic acids is 1. The van der Waals surface area contributed by atoms with E-state index in [4.69, 9.17) is 5.11 Å². The Hall–Kier alpha value is -2.04. The van der Waals surface area contributed by atoms with Crippen LogP contribution in [0, 0.1) is 0 Å². The summed E-state index contributed by atoms with van der Waals surface area (Å²) in [6.45, 7) is 0.633. The van der Waals surface area contributed by atoms with Gasteiger partial charge in [0.2, 0.25) is 0 Å². The molecular weight excluding hydrogens is 244 g/mol. The minimum absolute atomic E-state index is 0.0179. The largest absolute Gasteiger partial charge is 0.478 e. The lowest BCUT2D eigenvalue weighted by Crippen LogP contribution is -2.41. The second kappa shape index (κ2) is 4.26. The maximum atomic E-state index is 12.3. The molecule has 5 nitrogen and oxygen atoms in total. The Balaban J connectivity index is 1.85. The summed E-state index contributed by atoms with van der Waals surface area (Å²) in [6.07, 6.45) is 2.89. The van der Waals surface area contributed by atoms with Crippen LogP contribution in [0.1, 0.15) is 28.8 Å². The van der Waals surface area contributed by atoms with Gasteiger partial charge in [-0.25, -0.2) is 9.59 Å². The molecule has 0 atom stereocenters. The summed E-state index contributed by atoms with van der Waals surface area (Å²) < 4.78 is 0. The van der Waals surface area contributed by atoms with Crippen LogP contribution in [-0.2, 0) is 6.42 Å². The summed E-state index contributed by atoms with van der Waals surface area (Å²) in [5, 5.41) is 8.97. The fourth-order valence-corrected chi connectivity index (χ4v) is 2.54. The minimum Gasteiger partial charge on any atom is -0.478 e. The van der Waals surface area contributed by atoms with E-state index in [0.717, 1.165) is 30.5 Å². The molecule has 0 spiro atoms. The first-order chi connectivity index (χ1) is 9.08. The summed E-state index contributed by atoms with van der Waals surface area (Å²) in [7, 11) is 1.84. The SMILES string of the molecule is CN(C(=O)N1CCc2cc(C(=O)O)ccc21)C1CC1. The van der Waals surface area contributed by atoms with Crippen molar-refractivity contribution in [2.24, 2.45) is 0 Å². The number of nitrogens with zero attached hydrogens (tertiary/aromatic N) is 2. The van der Waals surface area contributed by atoms with Gasteiger partial charge in [0.15, 0.2) is 0 Å². The molecule has 0 bridgehead atoms. The molecule has 2 aliphatic rings. The van der Waals surface area contributed by atoms with Gasteiger partial charge in [-0.15, -0.1) is 0 Å². The van der Waals surface area contributed by atoms with E-state index in [1.54, 1.807) is 28.0 Å². The number of carboxylic acids is 1. The number of urea groups is 1. The van der Waals surface area contributed by atoms with Crippen molar-refractivity contribution in [3.05, 3.63) is 29.3 Å². The predicted octanol–water partition coefficient (Wildman–Crippen LogP) is 1.96. The number of amides is 2. The van der Waals surface area contributed by atoms with Gasteiger partial charge in [-0.05, 0) is 43.0 Å². The highest BCUT2D eigenvalue weighted by Crippen LogP contribution is 2.32. The Morgan fingerprint density at radius 2 is 2.11 bits per heavy atom. The molecule has 1 saturated carbocycles. The molecule has 5 heteroatoms. The molecule has 3 rings (SSSR count). The zero-order valence-electron chi connectivity index (χ0n) is 10.8. The lowest BCUT2D eigenvalue weighted by Gasteiger charge is -2.25. The molecule has 100 valence electrons. The van der Waals surface area contributed by atoms with Crippen LogP contribution < -0.4 is 4.90 Å². The number of carbonyl (C=O) groups excluding carboxylic acids is 1. The molecule has 0 saturated heterocycles. The van der Waals surface area contributed by atoms with Crippen molar-refractivity contribution in [3.63, 3.8) is 0 Å². The molecule has 0 unspecified atom stereocenters. The fraction of sp³-hybridized carbons (Fsp3) is 0.429. The molecule has 1 heterocycles. The topological polar surface area (TPSA) is 60.9 Å². The monoisotopic (exact) mass is 260 g/mol. The number of benzene rings is 1. The van der Waals surface area contributed by atoms with E-state index >= 15 is 0 Å². The van der Waals surface area contributed by atoms with Gasteiger partial charge in [-0.3, -0.25) is 4.90 Å². The van der Waals surface area contributed by atoms with Crippen molar-refractivity contribution in [3.8, 4) is 0 Å². The van der Waals surface area contributed by atoms with Crippen molar-refractivity contribution >= 4 is 17.7 Å². The van der Waals surface area contributed by atoms with Crippen LogP contribution in [0.2, 0.25) is 0 Å². The number of hydrogen-bond donors (Lipinski definition) is 1. The van der Waals surface area contributed by atoms with Gasteiger partial charge >= 0.3 is 12.0 Å². The van der Waals surface area contributed by atoms with Crippen LogP contribution in [-0.4, -0.2) is 41.6 Å². The quantitative estimate of drug-likeness (QED) is 0.884. The molecule has 19 heavy (non-hydrogen) atoms. The average molecular weight is 260 g/mol. The first kappa shape index (κ1) is 12.0. The predicted molar refractivity (Wildman–Crippen MR) is 70.6 cm³/mol. The molecule has 0 aromatic heterocycles. The Kier molecular flexibility index (Phi) is 2.69. The third-order valence-electron chi connectivity index (χ3n) is 3.85. The smallest absolute Gasteiger partial charge is 0.335 e. The highest BCUT2D eigenvalue weighted by Gasteiger charge is 2.34. The van der Waals surface area contributed by atoms with Crippen molar-refractivity contribution in [1.82, 2.24) is 4.90 Å². The minimum atomic E-state index is -0.928. The van der Waals surface area contributed by atoms with Gasteiger partial charge in [0.25, 0.3) is 0 Å². The lowest BCUT2D eigenvalue weighted by atomic mass is 10.1. The van der Waals surface area contributed by atoms with Gasteiger partial charge in [-0.2, -0.15) is 0 Å². The van der Waals surface area contributed by atoms with Gasteiger partial charge in [0.05, 0.1) is 5.56 Å². The van der Waals surface area contributed by atoms with Crippen LogP contribution in [0.3, 0.4) is 0 Å². The Bertz CT molecular complexity index is 552. The van der Waals surface area contributed by atoms with Gasteiger partial charge in [-0.1, -0.05) is 0 Å². The van der Waals surface area contributed by atoms with Crippen LogP contribution in [0.4, 0.5) is 10.5 Å². The van der Waals surface area contributed by atoms with Gasteiger partial charge in [0.1, 0.15) is 0 Å². The van der Waals surface area contributed by atoms with Crippen molar-refractivity contribution in [1.29, 1.82) is 0 Å². The lowest BCUT2D eigenvalue weighted by molar-refractivity contribution is 0.0697. The second-order valence-electron chi connectivity index (χ2n) is 5.17. The summed E-state index contributed by atoms with van der Waals surface area (Å²) >= 11 is 0. The molecule has 1 aromatic carbocycles. The zero-order valence-corrected chi connectivity index (χ0v) is 10.8. The molecule has 1 aromatic rings. The second-order valence-corrected chi connectivity index (χ2v) is 5.17. The maximum Gasteiger partial charge on any atom is 0.335 e. The molecule has 0 radical (unpaired) electrons. The molecule has 1 aliphatic carbocycles. The van der Waals surface area contributed by atoms with E-state index in [0.29, 0.717) is 12.6 Å². The number of rotatable bonds is 2. The Labute approximate surface area is 111 Å². The number of anilines is 1. The maximum absolute atomic E-state index is 12.3. The van der Waals surface area contributed by atoms with E-state index in [9.17, 15) is 9.59 Å². The number of fused-ring (bicyclic) bond motifs is 1. The van der Waals surface area contributed by atoms with Gasteiger partial charge in [0, 0.05) is 25.3 Å². The summed E-state index contributed by atoms with van der Waals surface area (Å²) in [6, 6.07) is 5.37. The highest BCUT2D eigenvalue weighted by molar-refractivity contribution is 5.96. The Morgan fingerprint density at radius 1 is 1.37 bits per heavy atom. The average Bonchev–Trinajstić information content (AvgIpc) is 3.16. The fourth-order valence-electron chi connectivity index (χ4n) is 2.54. The number of hydrogen-bond acceptors (Lipinski definition) is 2. The third-order valence-corrected chi connectivity index (χ3v) is 3.85. The standard InChI is InChI=1S/C14H16N2O3/c1-15(11-3-4-11)14(19)16-7-6-9-8-10(13(17)18)2-5-12(9)16/h2,5,8,11H,3-4,6-7H2,1H3,(H,17,18). The molecular formula is C14H16N2O3. The summed E-state index contributed by atoms with van der Waals surface area (Å²) in [5.74, 6) is -0.928. The van der Waals surface area contributed by atoms with E-state index in [-0.39, 0.29) is 11.6 Å². The Morgan fingerprint density at radius 3 is 2.74 bits per heavy atom. The first-order valence-corrected chi connectivity index (χ1v) is 6.48. The molecule has 1 aliphatic heterocycles. The summed E-state index contributed by atoms with van der Waals surface area (Å²) in [4.78, 5) is 26.8. The number of carboxylic acid groups (broad SMARTS) is 1. The van der Waals surface area contributed by atoms with Crippen molar-refractivity contribution in [2.45, 2.75) is 25.3 Å². The van der Waals surface area contributed by atoms with Gasteiger partial charge < -0.3 is 10.0 Å². The van der Waals surface area contributed by atoms with Crippen LogP contribution in [0.25, 0.3) is 0 Å².